The van der Waals surface area contributed by atoms with Crippen molar-refractivity contribution in [3.63, 3.8) is 0 Å². The van der Waals surface area contributed by atoms with Crippen LogP contribution in [0.5, 0.6) is 5.75 Å². The van der Waals surface area contributed by atoms with E-state index in [0.29, 0.717) is 0 Å². The molecule has 0 bridgehead atoms. The third-order valence-corrected chi connectivity index (χ3v) is 2.85. The van der Waals surface area contributed by atoms with E-state index < -0.39 is 0 Å². The van der Waals surface area contributed by atoms with Gasteiger partial charge in [-0.3, -0.25) is 0 Å². The lowest BCUT2D eigenvalue weighted by atomic mass is 9.87. The largest absolute Gasteiger partial charge is 0.491 e. The molecule has 0 fully saturated rings. The average Bonchev–Trinajstić information content (AvgIpc) is 2.17. The highest BCUT2D eigenvalue weighted by Crippen LogP contribution is 2.35. The van der Waals surface area contributed by atoms with Crippen LogP contribution in [0.1, 0.15) is 43.9 Å². The van der Waals surface area contributed by atoms with Crippen molar-refractivity contribution in [1.29, 1.82) is 0 Å². The third-order valence-electron chi connectivity index (χ3n) is 2.85. The molecule has 2 rings (SSSR count). The van der Waals surface area contributed by atoms with E-state index in [1.165, 1.54) is 17.5 Å². The summed E-state index contributed by atoms with van der Waals surface area (Å²) in [6.07, 6.45) is 3.62. The number of hydrogen-bond acceptors (Lipinski definition) is 2. The Labute approximate surface area is 91.4 Å². The highest BCUT2D eigenvalue weighted by Gasteiger charge is 2.21. The second kappa shape index (κ2) is 4.23. The quantitative estimate of drug-likeness (QED) is 0.805. The Morgan fingerprint density at radius 1 is 1.40 bits per heavy atom. The first-order valence-electron chi connectivity index (χ1n) is 5.72. The summed E-state index contributed by atoms with van der Waals surface area (Å²) in [7, 11) is 0. The normalized spacial score (nSPS) is 20.1. The predicted octanol–water partition coefficient (Wildman–Crippen LogP) is 2.81. The molecule has 0 spiro atoms. The minimum absolute atomic E-state index is 0.156. The Morgan fingerprint density at radius 3 is 2.93 bits per heavy atom. The molecule has 2 N–H and O–H groups in total. The van der Waals surface area contributed by atoms with Gasteiger partial charge in [0.1, 0.15) is 5.75 Å². The number of benzene rings is 1. The molecule has 15 heavy (non-hydrogen) atoms. The van der Waals surface area contributed by atoms with Gasteiger partial charge in [-0.2, -0.15) is 0 Å². The Bertz CT molecular complexity index is 346. The summed E-state index contributed by atoms with van der Waals surface area (Å²) in [5.74, 6) is 0.981. The predicted molar refractivity (Wildman–Crippen MR) is 62.1 cm³/mol. The second-order valence-corrected chi connectivity index (χ2v) is 4.49. The van der Waals surface area contributed by atoms with Gasteiger partial charge in [0.25, 0.3) is 0 Å². The summed E-state index contributed by atoms with van der Waals surface area (Å²) < 4.78 is 5.80. The van der Waals surface area contributed by atoms with Crippen LogP contribution in [0, 0.1) is 0 Å². The van der Waals surface area contributed by atoms with Crippen molar-refractivity contribution in [3.05, 3.63) is 29.3 Å². The van der Waals surface area contributed by atoms with Crippen LogP contribution in [-0.2, 0) is 6.42 Å². The van der Waals surface area contributed by atoms with Gasteiger partial charge in [0, 0.05) is 11.6 Å². The van der Waals surface area contributed by atoms with Gasteiger partial charge in [-0.1, -0.05) is 12.1 Å². The fraction of sp³-hybridized carbons (Fsp3) is 0.538. The SMILES string of the molecule is CC(C)Oc1cccc2c1C(N)CCC2. The highest BCUT2D eigenvalue weighted by atomic mass is 16.5. The van der Waals surface area contributed by atoms with Crippen molar-refractivity contribution in [1.82, 2.24) is 0 Å². The number of nitrogens with two attached hydrogens (primary N) is 1. The Hall–Kier alpha value is -1.02. The zero-order chi connectivity index (χ0) is 10.8. The smallest absolute Gasteiger partial charge is 0.124 e. The van der Waals surface area contributed by atoms with Gasteiger partial charge in [0.05, 0.1) is 6.10 Å². The number of aryl methyl sites for hydroxylation is 1. The van der Waals surface area contributed by atoms with Crippen LogP contribution in [0.4, 0.5) is 0 Å². The minimum Gasteiger partial charge on any atom is -0.491 e. The summed E-state index contributed by atoms with van der Waals surface area (Å²) in [6, 6.07) is 6.42. The van der Waals surface area contributed by atoms with Crippen molar-refractivity contribution in [3.8, 4) is 5.75 Å². The highest BCUT2D eigenvalue weighted by molar-refractivity contribution is 5.44. The molecule has 0 aliphatic heterocycles. The standard InChI is InChI=1S/C13H19NO/c1-9(2)15-12-8-4-6-10-5-3-7-11(14)13(10)12/h4,6,8-9,11H,3,5,7,14H2,1-2H3. The fourth-order valence-corrected chi connectivity index (χ4v) is 2.24. The van der Waals surface area contributed by atoms with Crippen molar-refractivity contribution in [2.45, 2.75) is 45.3 Å². The first-order valence-corrected chi connectivity index (χ1v) is 5.72. The number of rotatable bonds is 2. The summed E-state index contributed by atoms with van der Waals surface area (Å²) in [6.45, 7) is 4.10. The van der Waals surface area contributed by atoms with Gasteiger partial charge in [0.2, 0.25) is 0 Å². The molecule has 1 aromatic carbocycles. The second-order valence-electron chi connectivity index (χ2n) is 4.49. The van der Waals surface area contributed by atoms with Gasteiger partial charge >= 0.3 is 0 Å². The lowest BCUT2D eigenvalue weighted by Crippen LogP contribution is -2.20. The maximum absolute atomic E-state index is 6.14. The summed E-state index contributed by atoms with van der Waals surface area (Å²) in [5, 5.41) is 0. The van der Waals surface area contributed by atoms with Crippen LogP contribution in [-0.4, -0.2) is 6.10 Å². The molecular formula is C13H19NO. The van der Waals surface area contributed by atoms with Gasteiger partial charge in [-0.25, -0.2) is 0 Å². The van der Waals surface area contributed by atoms with E-state index in [0.717, 1.165) is 18.6 Å². The first-order chi connectivity index (χ1) is 7.18. The molecule has 0 aromatic heterocycles. The van der Waals surface area contributed by atoms with Crippen LogP contribution in [0.15, 0.2) is 18.2 Å². The molecule has 1 aliphatic carbocycles. The zero-order valence-corrected chi connectivity index (χ0v) is 9.49. The van der Waals surface area contributed by atoms with Gasteiger partial charge in [0.15, 0.2) is 0 Å². The van der Waals surface area contributed by atoms with Crippen LogP contribution < -0.4 is 10.5 Å². The van der Waals surface area contributed by atoms with Crippen LogP contribution in [0.25, 0.3) is 0 Å². The van der Waals surface area contributed by atoms with Crippen LogP contribution in [0.3, 0.4) is 0 Å². The van der Waals surface area contributed by atoms with E-state index in [9.17, 15) is 0 Å². The zero-order valence-electron chi connectivity index (χ0n) is 9.49. The number of fused-ring (bicyclic) bond motifs is 1. The molecule has 0 saturated heterocycles. The van der Waals surface area contributed by atoms with E-state index in [1.807, 2.05) is 19.9 Å². The number of hydrogen-bond donors (Lipinski definition) is 1. The minimum atomic E-state index is 0.156. The maximum Gasteiger partial charge on any atom is 0.124 e. The van der Waals surface area contributed by atoms with E-state index in [1.54, 1.807) is 0 Å². The van der Waals surface area contributed by atoms with E-state index in [4.69, 9.17) is 10.5 Å². The molecule has 1 aliphatic rings. The summed E-state index contributed by atoms with van der Waals surface area (Å²) >= 11 is 0. The van der Waals surface area contributed by atoms with Crippen LogP contribution >= 0.6 is 0 Å². The van der Waals surface area contributed by atoms with E-state index >= 15 is 0 Å². The van der Waals surface area contributed by atoms with Crippen molar-refractivity contribution >= 4 is 0 Å². The van der Waals surface area contributed by atoms with Gasteiger partial charge in [-0.05, 0) is 44.7 Å². The molecule has 2 nitrogen and oxygen atoms in total. The molecule has 0 saturated carbocycles. The Balaban J connectivity index is 2.38. The van der Waals surface area contributed by atoms with E-state index in [2.05, 4.69) is 12.1 Å². The summed E-state index contributed by atoms with van der Waals surface area (Å²) in [5.41, 5.74) is 8.74. The van der Waals surface area contributed by atoms with E-state index in [-0.39, 0.29) is 12.1 Å². The van der Waals surface area contributed by atoms with Crippen LogP contribution in [0.2, 0.25) is 0 Å². The van der Waals surface area contributed by atoms with Gasteiger partial charge < -0.3 is 10.5 Å². The fourth-order valence-electron chi connectivity index (χ4n) is 2.24. The summed E-state index contributed by atoms with van der Waals surface area (Å²) in [4.78, 5) is 0. The first kappa shape index (κ1) is 10.5. The maximum atomic E-state index is 6.14. The Kier molecular flexibility index (Phi) is 2.96. The topological polar surface area (TPSA) is 35.2 Å². The molecule has 82 valence electrons. The third kappa shape index (κ3) is 2.15. The molecule has 1 unspecified atom stereocenters. The molecule has 2 heteroatoms. The monoisotopic (exact) mass is 205 g/mol. The lowest BCUT2D eigenvalue weighted by molar-refractivity contribution is 0.237. The molecular weight excluding hydrogens is 186 g/mol. The van der Waals surface area contributed by atoms with Crippen molar-refractivity contribution < 1.29 is 4.74 Å². The molecule has 0 amide bonds. The average molecular weight is 205 g/mol. The lowest BCUT2D eigenvalue weighted by Gasteiger charge is -2.25. The van der Waals surface area contributed by atoms with Gasteiger partial charge in [-0.15, -0.1) is 0 Å². The Morgan fingerprint density at radius 2 is 2.20 bits per heavy atom. The molecule has 1 atom stereocenters. The van der Waals surface area contributed by atoms with Crippen molar-refractivity contribution in [2.24, 2.45) is 5.73 Å². The molecule has 0 radical (unpaired) electrons. The molecule has 0 heterocycles. The molecule has 1 aromatic rings. The number of ether oxygens (including phenoxy) is 1. The van der Waals surface area contributed by atoms with Crippen molar-refractivity contribution in [2.75, 3.05) is 0 Å².